The van der Waals surface area contributed by atoms with Gasteiger partial charge >= 0.3 is 19.8 Å². The van der Waals surface area contributed by atoms with Crippen LogP contribution in [0.2, 0.25) is 0 Å². The van der Waals surface area contributed by atoms with E-state index < -0.39 is 32.5 Å². The van der Waals surface area contributed by atoms with Gasteiger partial charge in [-0.2, -0.15) is 0 Å². The molecule has 0 saturated heterocycles. The summed E-state index contributed by atoms with van der Waals surface area (Å²) in [7, 11) is -4.68. The Labute approximate surface area is 130 Å². The van der Waals surface area contributed by atoms with Gasteiger partial charge < -0.3 is 19.3 Å². The molecule has 0 rings (SSSR count). The normalized spacial score (nSPS) is 12.7. The summed E-state index contributed by atoms with van der Waals surface area (Å²) in [5.74, 6) is -0.974. The van der Waals surface area contributed by atoms with Gasteiger partial charge in [-0.3, -0.25) is 14.1 Å². The summed E-state index contributed by atoms with van der Waals surface area (Å²) in [5, 5.41) is 0. The average Bonchev–Trinajstić information content (AvgIpc) is 2.44. The van der Waals surface area contributed by atoms with Crippen molar-refractivity contribution in [2.24, 2.45) is 0 Å². The van der Waals surface area contributed by atoms with E-state index in [1.165, 1.54) is 0 Å². The van der Waals surface area contributed by atoms with Crippen molar-refractivity contribution in [3.8, 4) is 0 Å². The van der Waals surface area contributed by atoms with E-state index in [4.69, 9.17) is 19.3 Å². The molecule has 0 heterocycles. The van der Waals surface area contributed by atoms with Crippen LogP contribution in [0.5, 0.6) is 0 Å². The van der Waals surface area contributed by atoms with E-state index in [0.717, 1.165) is 12.8 Å². The average molecular weight is 340 g/mol. The highest BCUT2D eigenvalue weighted by molar-refractivity contribution is 7.46. The minimum atomic E-state index is -4.68. The van der Waals surface area contributed by atoms with Crippen LogP contribution < -0.4 is 0 Å². The molecule has 0 aromatic rings. The molecule has 0 aliphatic heterocycles. The third kappa shape index (κ3) is 12.8. The van der Waals surface area contributed by atoms with E-state index in [2.05, 4.69) is 4.52 Å². The van der Waals surface area contributed by atoms with Gasteiger partial charge in [0.05, 0.1) is 6.61 Å². The number of carbonyl (C=O) groups is 2. The Morgan fingerprint density at radius 1 is 1.00 bits per heavy atom. The number of ether oxygens (including phenoxy) is 2. The van der Waals surface area contributed by atoms with Crippen LogP contribution >= 0.6 is 7.82 Å². The van der Waals surface area contributed by atoms with Crippen LogP contribution in [0.4, 0.5) is 0 Å². The van der Waals surface area contributed by atoms with Crippen molar-refractivity contribution in [2.75, 3.05) is 13.2 Å². The molecule has 0 saturated carbocycles. The van der Waals surface area contributed by atoms with E-state index in [0.29, 0.717) is 12.8 Å². The Bertz CT molecular complexity index is 378. The molecule has 0 bridgehead atoms. The molecule has 130 valence electrons. The second-order valence-electron chi connectivity index (χ2n) is 4.79. The molecule has 0 spiro atoms. The lowest BCUT2D eigenvalue weighted by atomic mass is 10.2. The van der Waals surface area contributed by atoms with Crippen molar-refractivity contribution >= 4 is 19.8 Å². The third-order valence-corrected chi connectivity index (χ3v) is 3.11. The Balaban J connectivity index is 4.35. The predicted molar refractivity (Wildman–Crippen MR) is 77.9 cm³/mol. The zero-order chi connectivity index (χ0) is 17.0. The van der Waals surface area contributed by atoms with Gasteiger partial charge in [-0.05, 0) is 12.8 Å². The summed E-state index contributed by atoms with van der Waals surface area (Å²) in [6, 6.07) is 0. The van der Waals surface area contributed by atoms with Crippen molar-refractivity contribution in [3.05, 3.63) is 0 Å². The smallest absolute Gasteiger partial charge is 0.462 e. The van der Waals surface area contributed by atoms with Gasteiger partial charge in [-0.25, -0.2) is 4.57 Å². The van der Waals surface area contributed by atoms with Crippen molar-refractivity contribution < 1.29 is 37.9 Å². The number of rotatable bonds is 12. The summed E-state index contributed by atoms with van der Waals surface area (Å²) < 4.78 is 25.0. The van der Waals surface area contributed by atoms with Crippen LogP contribution in [0, 0.1) is 0 Å². The first-order chi connectivity index (χ1) is 10.3. The molecule has 0 aliphatic carbocycles. The van der Waals surface area contributed by atoms with Crippen LogP contribution in [-0.2, 0) is 28.2 Å². The molecule has 1 atom stereocenters. The van der Waals surface area contributed by atoms with Gasteiger partial charge in [0.15, 0.2) is 6.10 Å². The molecule has 0 aromatic carbocycles. The van der Waals surface area contributed by atoms with E-state index in [-0.39, 0.29) is 19.4 Å². The second kappa shape index (κ2) is 11.6. The quantitative estimate of drug-likeness (QED) is 0.408. The van der Waals surface area contributed by atoms with Crippen molar-refractivity contribution in [1.29, 1.82) is 0 Å². The lowest BCUT2D eigenvalue weighted by molar-refractivity contribution is -0.161. The summed E-state index contributed by atoms with van der Waals surface area (Å²) in [6.45, 7) is 3.01. The molecule has 8 nitrogen and oxygen atoms in total. The summed E-state index contributed by atoms with van der Waals surface area (Å²) >= 11 is 0. The first-order valence-corrected chi connectivity index (χ1v) is 8.86. The first-order valence-electron chi connectivity index (χ1n) is 7.33. The molecular formula is C13H25O8P. The molecule has 0 aliphatic rings. The fourth-order valence-electron chi connectivity index (χ4n) is 1.44. The zero-order valence-corrected chi connectivity index (χ0v) is 13.9. The van der Waals surface area contributed by atoms with Crippen molar-refractivity contribution in [2.45, 2.75) is 58.5 Å². The minimum Gasteiger partial charge on any atom is -0.462 e. The second-order valence-corrected chi connectivity index (χ2v) is 6.03. The highest BCUT2D eigenvalue weighted by atomic mass is 31.2. The highest BCUT2D eigenvalue weighted by Crippen LogP contribution is 2.35. The SMILES string of the molecule is CCCCC(=O)OCC(COP(=O)(O)O)OC(=O)CCCC. The molecular weight excluding hydrogens is 315 g/mol. The number of esters is 2. The Hall–Kier alpha value is -0.950. The van der Waals surface area contributed by atoms with Gasteiger partial charge in [0, 0.05) is 12.8 Å². The van der Waals surface area contributed by atoms with E-state index in [9.17, 15) is 14.2 Å². The maximum Gasteiger partial charge on any atom is 0.469 e. The van der Waals surface area contributed by atoms with Crippen LogP contribution in [-0.4, -0.2) is 41.0 Å². The minimum absolute atomic E-state index is 0.187. The number of phosphoric ester groups is 1. The van der Waals surface area contributed by atoms with Crippen LogP contribution in [0.1, 0.15) is 52.4 Å². The molecule has 2 N–H and O–H groups in total. The maximum absolute atomic E-state index is 11.5. The Morgan fingerprint density at radius 3 is 2.05 bits per heavy atom. The monoisotopic (exact) mass is 340 g/mol. The number of carbonyl (C=O) groups excluding carboxylic acids is 2. The predicted octanol–water partition coefficient (Wildman–Crippen LogP) is 1.93. The topological polar surface area (TPSA) is 119 Å². The molecule has 0 radical (unpaired) electrons. The van der Waals surface area contributed by atoms with Gasteiger partial charge in [0.1, 0.15) is 6.61 Å². The van der Waals surface area contributed by atoms with Crippen LogP contribution in [0.25, 0.3) is 0 Å². The van der Waals surface area contributed by atoms with E-state index >= 15 is 0 Å². The van der Waals surface area contributed by atoms with E-state index in [1.54, 1.807) is 0 Å². The first kappa shape index (κ1) is 21.0. The molecule has 9 heteroatoms. The highest BCUT2D eigenvalue weighted by Gasteiger charge is 2.22. The number of hydrogen-bond acceptors (Lipinski definition) is 6. The number of unbranched alkanes of at least 4 members (excludes halogenated alkanes) is 2. The van der Waals surface area contributed by atoms with Crippen LogP contribution in [0.3, 0.4) is 0 Å². The molecule has 0 amide bonds. The van der Waals surface area contributed by atoms with Crippen molar-refractivity contribution in [3.63, 3.8) is 0 Å². The molecule has 0 fully saturated rings. The fraction of sp³-hybridized carbons (Fsp3) is 0.846. The summed E-state index contributed by atoms with van der Waals surface area (Å²) in [6.07, 6.45) is 2.36. The molecule has 1 unspecified atom stereocenters. The maximum atomic E-state index is 11.5. The fourth-order valence-corrected chi connectivity index (χ4v) is 1.80. The Kier molecular flexibility index (Phi) is 11.1. The lowest BCUT2D eigenvalue weighted by Gasteiger charge is -2.18. The van der Waals surface area contributed by atoms with Gasteiger partial charge in [-0.1, -0.05) is 26.7 Å². The van der Waals surface area contributed by atoms with Gasteiger partial charge in [-0.15, -0.1) is 0 Å². The number of phosphoric acid groups is 1. The molecule has 22 heavy (non-hydrogen) atoms. The number of hydrogen-bond donors (Lipinski definition) is 2. The summed E-state index contributed by atoms with van der Waals surface area (Å²) in [4.78, 5) is 40.3. The molecule has 0 aromatic heterocycles. The standard InChI is InChI=1S/C13H25O8P/c1-3-5-7-12(14)19-9-11(10-20-22(16,17)18)21-13(15)8-6-4-2/h11H,3-10H2,1-2H3,(H2,16,17,18). The third-order valence-electron chi connectivity index (χ3n) is 2.63. The largest absolute Gasteiger partial charge is 0.469 e. The van der Waals surface area contributed by atoms with Crippen LogP contribution in [0.15, 0.2) is 0 Å². The lowest BCUT2D eigenvalue weighted by Crippen LogP contribution is -2.29. The van der Waals surface area contributed by atoms with Gasteiger partial charge in [0.2, 0.25) is 0 Å². The summed E-state index contributed by atoms with van der Waals surface area (Å²) in [5.41, 5.74) is 0. The Morgan fingerprint density at radius 2 is 1.55 bits per heavy atom. The van der Waals surface area contributed by atoms with Gasteiger partial charge in [0.25, 0.3) is 0 Å². The van der Waals surface area contributed by atoms with E-state index in [1.807, 2.05) is 13.8 Å². The zero-order valence-electron chi connectivity index (χ0n) is 13.0. The van der Waals surface area contributed by atoms with Crippen molar-refractivity contribution in [1.82, 2.24) is 0 Å².